The number of carbonyl (C=O) groups excluding carboxylic acids is 1. The average Bonchev–Trinajstić information content (AvgIpc) is 2.86. The number of nitrogens with one attached hydrogen (secondary N) is 1. The van der Waals surface area contributed by atoms with Crippen LogP contribution in [0.5, 0.6) is 5.75 Å². The fourth-order valence-electron chi connectivity index (χ4n) is 2.27. The van der Waals surface area contributed by atoms with Crippen molar-refractivity contribution >= 4 is 44.6 Å². The van der Waals surface area contributed by atoms with E-state index in [1.807, 2.05) is 62.4 Å². The minimum absolute atomic E-state index is 0.0287. The molecule has 0 fully saturated rings. The number of halogens is 1. The van der Waals surface area contributed by atoms with Gasteiger partial charge < -0.3 is 10.1 Å². The molecule has 23 heavy (non-hydrogen) atoms. The lowest BCUT2D eigenvalue weighted by atomic mass is 10.2. The number of amides is 1. The largest absolute Gasteiger partial charge is 0.489 e. The van der Waals surface area contributed by atoms with Crippen LogP contribution in [0.25, 0.3) is 10.1 Å². The first-order chi connectivity index (χ1) is 11.1. The highest BCUT2D eigenvalue weighted by molar-refractivity contribution is 7.21. The Bertz CT molecular complexity index is 857. The Morgan fingerprint density at radius 3 is 2.57 bits per heavy atom. The first kappa shape index (κ1) is 15.8. The van der Waals surface area contributed by atoms with Crippen molar-refractivity contribution in [1.82, 2.24) is 0 Å². The van der Waals surface area contributed by atoms with Gasteiger partial charge in [0.2, 0.25) is 0 Å². The predicted molar refractivity (Wildman–Crippen MR) is 97.0 cm³/mol. The number of hydrogen-bond acceptors (Lipinski definition) is 3. The van der Waals surface area contributed by atoms with Gasteiger partial charge in [-0.2, -0.15) is 0 Å². The fraction of sp³-hybridized carbons (Fsp3) is 0.167. The van der Waals surface area contributed by atoms with Crippen molar-refractivity contribution in [3.05, 3.63) is 58.4 Å². The summed E-state index contributed by atoms with van der Waals surface area (Å²) < 4.78 is 6.72. The van der Waals surface area contributed by atoms with Gasteiger partial charge in [-0.3, -0.25) is 4.79 Å². The number of hydrogen-bond donors (Lipinski definition) is 1. The molecule has 0 spiro atoms. The smallest absolute Gasteiger partial charge is 0.267 e. The molecular weight excluding hydrogens is 330 g/mol. The topological polar surface area (TPSA) is 38.3 Å². The maximum Gasteiger partial charge on any atom is 0.267 e. The van der Waals surface area contributed by atoms with Crippen molar-refractivity contribution in [3.63, 3.8) is 0 Å². The van der Waals surface area contributed by atoms with E-state index in [0.29, 0.717) is 21.3 Å². The van der Waals surface area contributed by atoms with Gasteiger partial charge in [-0.1, -0.05) is 41.9 Å². The molecule has 0 bridgehead atoms. The number of thiophene rings is 1. The molecule has 1 heterocycles. The Hall–Kier alpha value is -2.04. The number of benzene rings is 2. The molecule has 1 aromatic heterocycles. The molecule has 0 unspecified atom stereocenters. The molecule has 0 aliphatic rings. The number of para-hydroxylation sites is 2. The third-order valence-electron chi connectivity index (χ3n) is 3.24. The second-order valence-corrected chi connectivity index (χ2v) is 6.79. The molecule has 118 valence electrons. The van der Waals surface area contributed by atoms with Crippen molar-refractivity contribution in [1.29, 1.82) is 0 Å². The van der Waals surface area contributed by atoms with Crippen LogP contribution in [0.3, 0.4) is 0 Å². The van der Waals surface area contributed by atoms with Crippen LogP contribution < -0.4 is 10.1 Å². The monoisotopic (exact) mass is 345 g/mol. The standard InChI is InChI=1S/C18H16ClNO2S/c1-11(2)22-14-9-5-4-8-13(14)20-18(21)17-16(19)12-7-3-6-10-15(12)23-17/h3-11H,1-2H3,(H,20,21). The van der Waals surface area contributed by atoms with Crippen LogP contribution in [0.1, 0.15) is 23.5 Å². The van der Waals surface area contributed by atoms with Gasteiger partial charge in [0, 0.05) is 10.1 Å². The van der Waals surface area contributed by atoms with Crippen molar-refractivity contribution in [2.45, 2.75) is 20.0 Å². The van der Waals surface area contributed by atoms with E-state index < -0.39 is 0 Å². The Labute approximate surface area is 143 Å². The van der Waals surface area contributed by atoms with E-state index in [-0.39, 0.29) is 12.0 Å². The maximum absolute atomic E-state index is 12.6. The summed E-state index contributed by atoms with van der Waals surface area (Å²) >= 11 is 7.75. The summed E-state index contributed by atoms with van der Waals surface area (Å²) in [5.74, 6) is 0.420. The van der Waals surface area contributed by atoms with Crippen LogP contribution in [0.15, 0.2) is 48.5 Å². The molecule has 5 heteroatoms. The second kappa shape index (κ2) is 6.60. The van der Waals surface area contributed by atoms with Crippen LogP contribution in [0.2, 0.25) is 5.02 Å². The average molecular weight is 346 g/mol. The van der Waals surface area contributed by atoms with Gasteiger partial charge in [-0.25, -0.2) is 0 Å². The van der Waals surface area contributed by atoms with Crippen molar-refractivity contribution in [2.75, 3.05) is 5.32 Å². The predicted octanol–water partition coefficient (Wildman–Crippen LogP) is 5.59. The molecule has 0 aliphatic heterocycles. The van der Waals surface area contributed by atoms with E-state index in [1.165, 1.54) is 11.3 Å². The summed E-state index contributed by atoms with van der Waals surface area (Å²) in [6, 6.07) is 15.1. The molecule has 1 N–H and O–H groups in total. The molecule has 0 radical (unpaired) electrons. The van der Waals surface area contributed by atoms with E-state index in [0.717, 1.165) is 10.1 Å². The zero-order chi connectivity index (χ0) is 16.4. The van der Waals surface area contributed by atoms with E-state index in [1.54, 1.807) is 0 Å². The number of anilines is 1. The molecule has 3 aromatic rings. The van der Waals surface area contributed by atoms with E-state index in [9.17, 15) is 4.79 Å². The van der Waals surface area contributed by atoms with Gasteiger partial charge in [0.25, 0.3) is 5.91 Å². The molecule has 0 saturated carbocycles. The summed E-state index contributed by atoms with van der Waals surface area (Å²) in [7, 11) is 0. The van der Waals surface area contributed by atoms with E-state index >= 15 is 0 Å². The third kappa shape index (κ3) is 3.33. The SMILES string of the molecule is CC(C)Oc1ccccc1NC(=O)c1sc2ccccc2c1Cl. The summed E-state index contributed by atoms with van der Waals surface area (Å²) in [5, 5.41) is 4.29. The first-order valence-electron chi connectivity index (χ1n) is 7.30. The number of ether oxygens (including phenoxy) is 1. The summed E-state index contributed by atoms with van der Waals surface area (Å²) in [4.78, 5) is 13.1. The lowest BCUT2D eigenvalue weighted by Crippen LogP contribution is -2.13. The molecule has 0 aliphatic carbocycles. The van der Waals surface area contributed by atoms with Gasteiger partial charge in [0.05, 0.1) is 16.8 Å². The first-order valence-corrected chi connectivity index (χ1v) is 8.50. The highest BCUT2D eigenvalue weighted by Crippen LogP contribution is 2.36. The van der Waals surface area contributed by atoms with Gasteiger partial charge in [-0.15, -0.1) is 11.3 Å². The summed E-state index contributed by atoms with van der Waals surface area (Å²) in [5.41, 5.74) is 0.639. The Balaban J connectivity index is 1.91. The quantitative estimate of drug-likeness (QED) is 0.669. The van der Waals surface area contributed by atoms with Crippen molar-refractivity contribution < 1.29 is 9.53 Å². The zero-order valence-electron chi connectivity index (χ0n) is 12.8. The fourth-order valence-corrected chi connectivity index (χ4v) is 3.68. The minimum Gasteiger partial charge on any atom is -0.489 e. The highest BCUT2D eigenvalue weighted by atomic mass is 35.5. The van der Waals surface area contributed by atoms with Crippen LogP contribution in [0, 0.1) is 0 Å². The summed E-state index contributed by atoms with van der Waals surface area (Å²) in [6.07, 6.45) is 0.0287. The molecule has 0 atom stereocenters. The molecule has 3 rings (SSSR count). The lowest BCUT2D eigenvalue weighted by molar-refractivity contribution is 0.103. The zero-order valence-corrected chi connectivity index (χ0v) is 14.4. The molecule has 2 aromatic carbocycles. The molecule has 3 nitrogen and oxygen atoms in total. The number of rotatable bonds is 4. The Morgan fingerprint density at radius 1 is 1.13 bits per heavy atom. The van der Waals surface area contributed by atoms with E-state index in [4.69, 9.17) is 16.3 Å². The van der Waals surface area contributed by atoms with Gasteiger partial charge in [0.15, 0.2) is 0 Å². The van der Waals surface area contributed by atoms with Crippen LogP contribution in [-0.2, 0) is 0 Å². The normalized spacial score (nSPS) is 11.0. The molecule has 1 amide bonds. The Kier molecular flexibility index (Phi) is 4.55. The van der Waals surface area contributed by atoms with Gasteiger partial charge in [0.1, 0.15) is 10.6 Å². The van der Waals surface area contributed by atoms with Crippen LogP contribution in [-0.4, -0.2) is 12.0 Å². The second-order valence-electron chi connectivity index (χ2n) is 5.36. The lowest BCUT2D eigenvalue weighted by Gasteiger charge is -2.14. The van der Waals surface area contributed by atoms with Crippen LogP contribution >= 0.6 is 22.9 Å². The number of fused-ring (bicyclic) bond motifs is 1. The van der Waals surface area contributed by atoms with Gasteiger partial charge in [-0.05, 0) is 32.0 Å². The van der Waals surface area contributed by atoms with Crippen molar-refractivity contribution in [3.8, 4) is 5.75 Å². The summed E-state index contributed by atoms with van der Waals surface area (Å²) in [6.45, 7) is 3.89. The molecular formula is C18H16ClNO2S. The van der Waals surface area contributed by atoms with Crippen molar-refractivity contribution in [2.24, 2.45) is 0 Å². The maximum atomic E-state index is 12.6. The third-order valence-corrected chi connectivity index (χ3v) is 4.91. The van der Waals surface area contributed by atoms with Crippen LogP contribution in [0.4, 0.5) is 5.69 Å². The van der Waals surface area contributed by atoms with E-state index in [2.05, 4.69) is 5.32 Å². The number of carbonyl (C=O) groups is 1. The molecule has 0 saturated heterocycles. The highest BCUT2D eigenvalue weighted by Gasteiger charge is 2.18. The minimum atomic E-state index is -0.226. The Morgan fingerprint density at radius 2 is 1.83 bits per heavy atom. The van der Waals surface area contributed by atoms with Gasteiger partial charge >= 0.3 is 0 Å².